The number of benzene rings is 1. The van der Waals surface area contributed by atoms with E-state index in [0.29, 0.717) is 40.9 Å². The lowest BCUT2D eigenvalue weighted by atomic mass is 10.0. The molecular weight excluding hydrogens is 494 g/mol. The number of H-pyrrole nitrogens is 1. The Morgan fingerprint density at radius 1 is 1.10 bits per heavy atom. The van der Waals surface area contributed by atoms with Crippen molar-refractivity contribution in [3.8, 4) is 11.5 Å². The monoisotopic (exact) mass is 525 g/mol. The van der Waals surface area contributed by atoms with Gasteiger partial charge in [-0.15, -0.1) is 0 Å². The van der Waals surface area contributed by atoms with Crippen LogP contribution in [0.2, 0.25) is 0 Å². The van der Waals surface area contributed by atoms with E-state index in [1.54, 1.807) is 42.7 Å². The summed E-state index contributed by atoms with van der Waals surface area (Å²) < 4.78 is 6.21. The molecule has 1 saturated heterocycles. The van der Waals surface area contributed by atoms with Crippen LogP contribution in [0.4, 0.5) is 11.6 Å². The van der Waals surface area contributed by atoms with Gasteiger partial charge in [-0.1, -0.05) is 6.92 Å². The van der Waals surface area contributed by atoms with E-state index in [-0.39, 0.29) is 23.3 Å². The molecule has 1 aromatic carbocycles. The van der Waals surface area contributed by atoms with Crippen molar-refractivity contribution in [1.29, 1.82) is 0 Å². The highest BCUT2D eigenvalue weighted by molar-refractivity contribution is 6.03. The molecule has 2 fully saturated rings. The number of likely N-dealkylation sites (tertiary alicyclic amines) is 1. The first-order valence-electron chi connectivity index (χ1n) is 13.3. The Morgan fingerprint density at radius 2 is 1.90 bits per heavy atom. The molecule has 0 radical (unpaired) electrons. The molecule has 6 rings (SSSR count). The number of hydrogen-bond acceptors (Lipinski definition) is 7. The Kier molecular flexibility index (Phi) is 6.38. The van der Waals surface area contributed by atoms with Gasteiger partial charge in [0.1, 0.15) is 22.7 Å². The van der Waals surface area contributed by atoms with Gasteiger partial charge in [-0.3, -0.25) is 14.7 Å². The fourth-order valence-electron chi connectivity index (χ4n) is 4.96. The summed E-state index contributed by atoms with van der Waals surface area (Å²) in [6, 6.07) is 12.5. The van der Waals surface area contributed by atoms with Gasteiger partial charge in [0.2, 0.25) is 5.91 Å². The number of aromatic amines is 1. The highest BCUT2D eigenvalue weighted by atomic mass is 16.5. The SMILES string of the molecule is Cc1ccnc(NC(=O)c2ccc(Oc3ccnc4[nH]nc(NC5CCCN(C(=O)C6(C)CC6)C5)c34)cc2)c1. The average molecular weight is 526 g/mol. The predicted octanol–water partition coefficient (Wildman–Crippen LogP) is 4.91. The standard InChI is InChI=1S/C29H31N7O3/c1-18-9-13-30-23(16-18)33-27(37)19-5-7-21(8-6-19)39-22-10-14-31-25-24(22)26(35-34-25)32-20-4-3-15-36(17-20)28(38)29(2)11-12-29/h5-10,13-14,16,20H,3-4,11-12,15,17H2,1-2H3,(H,30,33,37)(H2,31,32,34,35). The maximum absolute atomic E-state index is 12.9. The lowest BCUT2D eigenvalue weighted by Gasteiger charge is -2.35. The summed E-state index contributed by atoms with van der Waals surface area (Å²) in [5.41, 5.74) is 1.95. The number of carbonyl (C=O) groups excluding carboxylic acids is 2. The molecular formula is C29H31N7O3. The number of nitrogens with zero attached hydrogens (tertiary/aromatic N) is 4. The molecule has 3 N–H and O–H groups in total. The minimum absolute atomic E-state index is 0.0882. The molecule has 1 atom stereocenters. The van der Waals surface area contributed by atoms with Crippen molar-refractivity contribution in [2.24, 2.45) is 5.41 Å². The van der Waals surface area contributed by atoms with E-state index in [2.05, 4.69) is 37.7 Å². The van der Waals surface area contributed by atoms with Crippen molar-refractivity contribution in [3.05, 3.63) is 66.0 Å². The first-order valence-corrected chi connectivity index (χ1v) is 13.3. The number of nitrogens with one attached hydrogen (secondary N) is 3. The molecule has 4 aromatic rings. The summed E-state index contributed by atoms with van der Waals surface area (Å²) in [5, 5.41) is 14.5. The van der Waals surface area contributed by atoms with E-state index < -0.39 is 0 Å². The molecule has 39 heavy (non-hydrogen) atoms. The second-order valence-electron chi connectivity index (χ2n) is 10.7. The number of rotatable bonds is 7. The highest BCUT2D eigenvalue weighted by Crippen LogP contribution is 2.47. The van der Waals surface area contributed by atoms with Crippen molar-refractivity contribution in [3.63, 3.8) is 0 Å². The van der Waals surface area contributed by atoms with Gasteiger partial charge in [-0.05, 0) is 74.6 Å². The fraction of sp³-hybridized carbons (Fsp3) is 0.345. The Morgan fingerprint density at radius 3 is 2.67 bits per heavy atom. The topological polar surface area (TPSA) is 125 Å². The van der Waals surface area contributed by atoms with Crippen LogP contribution in [0.15, 0.2) is 54.9 Å². The van der Waals surface area contributed by atoms with E-state index in [1.807, 2.05) is 24.0 Å². The quantitative estimate of drug-likeness (QED) is 0.313. The second-order valence-corrected chi connectivity index (χ2v) is 10.7. The third-order valence-electron chi connectivity index (χ3n) is 7.49. The van der Waals surface area contributed by atoms with Crippen LogP contribution in [0, 0.1) is 12.3 Å². The number of ether oxygens (including phenoxy) is 1. The Bertz CT molecular complexity index is 1530. The lowest BCUT2D eigenvalue weighted by Crippen LogP contribution is -2.47. The minimum atomic E-state index is -0.247. The third-order valence-corrected chi connectivity index (χ3v) is 7.49. The first kappa shape index (κ1) is 24.8. The summed E-state index contributed by atoms with van der Waals surface area (Å²) in [4.78, 5) is 36.1. The van der Waals surface area contributed by atoms with Crippen LogP contribution in [0.1, 0.15) is 48.5 Å². The molecule has 3 aromatic heterocycles. The molecule has 4 heterocycles. The molecule has 1 saturated carbocycles. The van der Waals surface area contributed by atoms with Crippen molar-refractivity contribution in [1.82, 2.24) is 25.1 Å². The highest BCUT2D eigenvalue weighted by Gasteiger charge is 2.47. The number of piperidine rings is 1. The summed E-state index contributed by atoms with van der Waals surface area (Å²) >= 11 is 0. The van der Waals surface area contributed by atoms with Crippen molar-refractivity contribution >= 4 is 34.5 Å². The van der Waals surface area contributed by atoms with Gasteiger partial charge in [0.05, 0.1) is 0 Å². The third kappa shape index (κ3) is 5.27. The number of anilines is 2. The zero-order chi connectivity index (χ0) is 27.0. The summed E-state index contributed by atoms with van der Waals surface area (Å²) in [5.74, 6) is 2.33. The van der Waals surface area contributed by atoms with Gasteiger partial charge in [0.15, 0.2) is 11.5 Å². The van der Waals surface area contributed by atoms with Crippen LogP contribution in [0.3, 0.4) is 0 Å². The molecule has 0 spiro atoms. The zero-order valence-electron chi connectivity index (χ0n) is 22.0. The van der Waals surface area contributed by atoms with Crippen LogP contribution in [0.25, 0.3) is 11.0 Å². The maximum Gasteiger partial charge on any atom is 0.256 e. The molecule has 200 valence electrons. The molecule has 10 nitrogen and oxygen atoms in total. The normalized spacial score (nSPS) is 18.0. The predicted molar refractivity (Wildman–Crippen MR) is 148 cm³/mol. The molecule has 10 heteroatoms. The van der Waals surface area contributed by atoms with Gasteiger partial charge in [-0.2, -0.15) is 5.10 Å². The average Bonchev–Trinajstić information content (AvgIpc) is 3.56. The molecule has 1 aliphatic heterocycles. The van der Waals surface area contributed by atoms with Gasteiger partial charge in [0.25, 0.3) is 5.91 Å². The van der Waals surface area contributed by atoms with Gasteiger partial charge in [-0.25, -0.2) is 9.97 Å². The Labute approximate surface area is 226 Å². The summed E-state index contributed by atoms with van der Waals surface area (Å²) in [6.07, 6.45) is 7.18. The maximum atomic E-state index is 12.9. The van der Waals surface area contributed by atoms with Crippen LogP contribution in [0.5, 0.6) is 11.5 Å². The van der Waals surface area contributed by atoms with Gasteiger partial charge >= 0.3 is 0 Å². The van der Waals surface area contributed by atoms with Crippen molar-refractivity contribution in [2.45, 2.75) is 45.6 Å². The van der Waals surface area contributed by atoms with Gasteiger partial charge in [0, 0.05) is 48.6 Å². The number of amides is 2. The zero-order valence-corrected chi connectivity index (χ0v) is 22.0. The van der Waals surface area contributed by atoms with E-state index >= 15 is 0 Å². The van der Waals surface area contributed by atoms with E-state index in [0.717, 1.165) is 43.2 Å². The first-order chi connectivity index (χ1) is 18.9. The molecule has 2 amide bonds. The van der Waals surface area contributed by atoms with Crippen LogP contribution < -0.4 is 15.4 Å². The van der Waals surface area contributed by atoms with E-state index in [9.17, 15) is 9.59 Å². The lowest BCUT2D eigenvalue weighted by molar-refractivity contribution is -0.137. The number of hydrogen-bond donors (Lipinski definition) is 3. The smallest absolute Gasteiger partial charge is 0.256 e. The Hall–Kier alpha value is -4.47. The van der Waals surface area contributed by atoms with Crippen molar-refractivity contribution < 1.29 is 14.3 Å². The molecule has 2 aliphatic rings. The minimum Gasteiger partial charge on any atom is -0.456 e. The molecule has 1 unspecified atom stereocenters. The summed E-state index contributed by atoms with van der Waals surface area (Å²) in [6.45, 7) is 5.46. The van der Waals surface area contributed by atoms with Gasteiger partial charge < -0.3 is 20.3 Å². The fourth-order valence-corrected chi connectivity index (χ4v) is 4.96. The number of pyridine rings is 2. The van der Waals surface area contributed by atoms with E-state index in [4.69, 9.17) is 4.74 Å². The number of carbonyl (C=O) groups is 2. The number of fused-ring (bicyclic) bond motifs is 1. The van der Waals surface area contributed by atoms with E-state index in [1.165, 1.54) is 0 Å². The number of aryl methyl sites for hydroxylation is 1. The van der Waals surface area contributed by atoms with Crippen LogP contribution >= 0.6 is 0 Å². The van der Waals surface area contributed by atoms with Crippen molar-refractivity contribution in [2.75, 3.05) is 23.7 Å². The molecule has 1 aliphatic carbocycles. The second kappa shape index (κ2) is 10.0. The largest absolute Gasteiger partial charge is 0.456 e. The number of aromatic nitrogens is 4. The van der Waals surface area contributed by atoms with Crippen LogP contribution in [-0.4, -0.2) is 56.0 Å². The molecule has 0 bridgehead atoms. The summed E-state index contributed by atoms with van der Waals surface area (Å²) in [7, 11) is 0. The Balaban J connectivity index is 1.16. The van der Waals surface area contributed by atoms with Crippen LogP contribution in [-0.2, 0) is 4.79 Å².